The number of cyclic esters (lactones) is 1. The van der Waals surface area contributed by atoms with Gasteiger partial charge < -0.3 is 28.5 Å². The van der Waals surface area contributed by atoms with Crippen molar-refractivity contribution >= 4 is 17.9 Å². The maximum absolute atomic E-state index is 13.2. The summed E-state index contributed by atoms with van der Waals surface area (Å²) in [6.07, 6.45) is 0.523. The van der Waals surface area contributed by atoms with Crippen LogP contribution in [0.5, 0.6) is 0 Å². The number of fused-ring (bicyclic) bond motifs is 2. The summed E-state index contributed by atoms with van der Waals surface area (Å²) in [6, 6.07) is 1.76. The van der Waals surface area contributed by atoms with E-state index in [1.54, 1.807) is 19.3 Å². The molecule has 1 aromatic heterocycles. The predicted octanol–water partition coefficient (Wildman–Crippen LogP) is 1.29. The van der Waals surface area contributed by atoms with E-state index in [2.05, 4.69) is 0 Å². The minimum absolute atomic E-state index is 0.152. The van der Waals surface area contributed by atoms with Crippen molar-refractivity contribution in [3.63, 3.8) is 0 Å². The quantitative estimate of drug-likeness (QED) is 0.418. The van der Waals surface area contributed by atoms with Gasteiger partial charge in [-0.15, -0.1) is 0 Å². The second-order valence-electron chi connectivity index (χ2n) is 10.00. The summed E-state index contributed by atoms with van der Waals surface area (Å²) < 4.78 is 28.0. The minimum Gasteiger partial charge on any atom is -0.472 e. The second kappa shape index (κ2) is 5.69. The normalized spacial score (nSPS) is 51.7. The number of carbonyl (C=O) groups is 3. The van der Waals surface area contributed by atoms with Crippen LogP contribution in [0.3, 0.4) is 0 Å². The molecule has 1 aromatic rings. The molecule has 0 amide bonds. The molecule has 2 bridgehead atoms. The average Bonchev–Trinajstić information content (AvgIpc) is 3.32. The third kappa shape index (κ3) is 2.11. The van der Waals surface area contributed by atoms with E-state index in [0.717, 1.165) is 5.56 Å². The molecule has 6 aliphatic rings. The molecule has 5 heterocycles. The van der Waals surface area contributed by atoms with Crippen LogP contribution in [0.2, 0.25) is 0 Å². The molecular weight excluding hydrogens is 408 g/mol. The number of esters is 3. The lowest BCUT2D eigenvalue weighted by molar-refractivity contribution is -0.308. The maximum atomic E-state index is 13.2. The summed E-state index contributed by atoms with van der Waals surface area (Å²) in [6.45, 7) is 5.03. The molecule has 1 unspecified atom stereocenters. The number of ether oxygens (including phenoxy) is 4. The number of furan rings is 1. The van der Waals surface area contributed by atoms with E-state index >= 15 is 0 Å². The Morgan fingerprint density at radius 3 is 2.68 bits per heavy atom. The van der Waals surface area contributed by atoms with Gasteiger partial charge in [-0.3, -0.25) is 9.59 Å². The first-order chi connectivity index (χ1) is 14.6. The Morgan fingerprint density at radius 1 is 1.23 bits per heavy atom. The Morgan fingerprint density at radius 2 is 2.00 bits per heavy atom. The summed E-state index contributed by atoms with van der Waals surface area (Å²) in [5.41, 5.74) is -3.09. The van der Waals surface area contributed by atoms with Crippen molar-refractivity contribution in [2.45, 2.75) is 69.7 Å². The van der Waals surface area contributed by atoms with Gasteiger partial charge in [0.1, 0.15) is 30.5 Å². The van der Waals surface area contributed by atoms with Gasteiger partial charge in [-0.2, -0.15) is 0 Å². The number of hydrogen-bond acceptors (Lipinski definition) is 9. The Kier molecular flexibility index (Phi) is 3.54. The van der Waals surface area contributed by atoms with Crippen molar-refractivity contribution in [1.29, 1.82) is 0 Å². The molecule has 2 aliphatic carbocycles. The predicted molar refractivity (Wildman–Crippen MR) is 99.0 cm³/mol. The summed E-state index contributed by atoms with van der Waals surface area (Å²) >= 11 is 0. The van der Waals surface area contributed by atoms with Crippen LogP contribution in [0.1, 0.15) is 45.3 Å². The topological polar surface area (TPSA) is 125 Å². The third-order valence-corrected chi connectivity index (χ3v) is 8.63. The first-order valence-corrected chi connectivity index (χ1v) is 10.6. The number of hydrogen-bond donors (Lipinski definition) is 1. The van der Waals surface area contributed by atoms with Gasteiger partial charge in [0.25, 0.3) is 0 Å². The summed E-state index contributed by atoms with van der Waals surface area (Å²) in [7, 11) is 0. The molecule has 6 fully saturated rings. The van der Waals surface area contributed by atoms with Crippen molar-refractivity contribution < 1.29 is 42.9 Å². The third-order valence-electron chi connectivity index (χ3n) is 8.63. The van der Waals surface area contributed by atoms with Gasteiger partial charge in [-0.1, -0.05) is 13.8 Å². The van der Waals surface area contributed by atoms with Gasteiger partial charge in [-0.25, -0.2) is 4.79 Å². The smallest absolute Gasteiger partial charge is 0.342 e. The largest absolute Gasteiger partial charge is 0.472 e. The molecule has 0 radical (unpaired) electrons. The van der Waals surface area contributed by atoms with Crippen molar-refractivity contribution in [3.8, 4) is 0 Å². The lowest BCUT2D eigenvalue weighted by atomic mass is 9.40. The first kappa shape index (κ1) is 19.3. The van der Waals surface area contributed by atoms with Crippen LogP contribution in [0.25, 0.3) is 0 Å². The van der Waals surface area contributed by atoms with Crippen LogP contribution in [0, 0.1) is 22.7 Å². The van der Waals surface area contributed by atoms with Gasteiger partial charge >= 0.3 is 17.9 Å². The Hall–Kier alpha value is -2.39. The molecule has 166 valence electrons. The van der Waals surface area contributed by atoms with Crippen LogP contribution < -0.4 is 0 Å². The van der Waals surface area contributed by atoms with Gasteiger partial charge in [-0.05, 0) is 24.3 Å². The highest BCUT2D eigenvalue weighted by Gasteiger charge is 2.87. The number of carbonyl (C=O) groups excluding carboxylic acids is 3. The van der Waals surface area contributed by atoms with Crippen LogP contribution in [0.15, 0.2) is 23.0 Å². The molecule has 9 nitrogen and oxygen atoms in total. The van der Waals surface area contributed by atoms with Gasteiger partial charge in [0.2, 0.25) is 0 Å². The Labute approximate surface area is 177 Å². The molecule has 0 aromatic carbocycles. The SMILES string of the molecule is CC(=O)OC1C[C@@H]2C(=O)O[C@@H](c3ccoc3)C[C@@]2(C)[C@@H]2[C@@H]3OC(=O)[C@@](O)([C@H]4O[C@@H]34)[C@]12C. The van der Waals surface area contributed by atoms with Crippen molar-refractivity contribution in [2.24, 2.45) is 22.7 Å². The van der Waals surface area contributed by atoms with E-state index in [1.165, 1.54) is 13.2 Å². The van der Waals surface area contributed by atoms with Crippen LogP contribution in [-0.2, 0) is 33.3 Å². The molecule has 9 heteroatoms. The molecule has 4 aliphatic heterocycles. The fourth-order valence-electron chi connectivity index (χ4n) is 7.23. The van der Waals surface area contributed by atoms with Crippen LogP contribution in [-0.4, -0.2) is 53.0 Å². The van der Waals surface area contributed by atoms with E-state index in [4.69, 9.17) is 23.4 Å². The highest BCUT2D eigenvalue weighted by Crippen LogP contribution is 2.72. The standard InChI is InChI=1S/C22H24O9/c1-9(23)28-13-6-11-18(24)29-12(10-4-5-27-8-10)7-20(11,2)16-14-15-17(30-15)22(26,19(25)31-14)21(13,16)3/h4-5,8,11-17,26H,6-7H2,1-3H3/t11-,12-,13?,14-,15+,16+,17+,20-,21-,22+/m1/s1. The lowest BCUT2D eigenvalue weighted by Gasteiger charge is -2.67. The summed E-state index contributed by atoms with van der Waals surface area (Å²) in [4.78, 5) is 38.0. The van der Waals surface area contributed by atoms with Crippen LogP contribution in [0.4, 0.5) is 0 Å². The molecule has 2 saturated carbocycles. The molecular formula is C22H24O9. The first-order valence-electron chi connectivity index (χ1n) is 10.6. The lowest BCUT2D eigenvalue weighted by Crippen LogP contribution is -2.80. The monoisotopic (exact) mass is 432 g/mol. The van der Waals surface area contributed by atoms with Crippen molar-refractivity contribution in [3.05, 3.63) is 24.2 Å². The zero-order valence-electron chi connectivity index (χ0n) is 17.4. The van der Waals surface area contributed by atoms with Crippen LogP contribution >= 0.6 is 0 Å². The zero-order valence-corrected chi connectivity index (χ0v) is 17.4. The summed E-state index contributed by atoms with van der Waals surface area (Å²) in [5, 5.41) is 11.7. The van der Waals surface area contributed by atoms with Gasteiger partial charge in [0.05, 0.1) is 23.9 Å². The molecule has 0 spiro atoms. The summed E-state index contributed by atoms with van der Waals surface area (Å²) in [5.74, 6) is -2.75. The molecule has 10 atom stereocenters. The highest BCUT2D eigenvalue weighted by atomic mass is 16.7. The number of epoxide rings is 1. The number of rotatable bonds is 2. The average molecular weight is 432 g/mol. The van der Waals surface area contributed by atoms with E-state index in [1.807, 2.05) is 6.92 Å². The van der Waals surface area contributed by atoms with Gasteiger partial charge in [0.15, 0.2) is 5.60 Å². The van der Waals surface area contributed by atoms with Crippen molar-refractivity contribution in [1.82, 2.24) is 0 Å². The zero-order chi connectivity index (χ0) is 21.9. The fourth-order valence-corrected chi connectivity index (χ4v) is 7.23. The highest BCUT2D eigenvalue weighted by molar-refractivity contribution is 5.86. The number of aliphatic hydroxyl groups is 1. The van der Waals surface area contributed by atoms with Gasteiger partial charge in [0, 0.05) is 18.4 Å². The van der Waals surface area contributed by atoms with E-state index in [0.29, 0.717) is 6.42 Å². The molecule has 4 saturated heterocycles. The fraction of sp³-hybridized carbons (Fsp3) is 0.682. The minimum atomic E-state index is -1.96. The van der Waals surface area contributed by atoms with Crippen molar-refractivity contribution in [2.75, 3.05) is 0 Å². The molecule has 31 heavy (non-hydrogen) atoms. The maximum Gasteiger partial charge on any atom is 0.342 e. The van der Waals surface area contributed by atoms with E-state index in [-0.39, 0.29) is 6.42 Å². The molecule has 7 rings (SSSR count). The Bertz CT molecular complexity index is 987. The Balaban J connectivity index is 1.51. The van der Waals surface area contributed by atoms with E-state index in [9.17, 15) is 19.5 Å². The second-order valence-corrected chi connectivity index (χ2v) is 10.00. The molecule has 1 N–H and O–H groups in total. The van der Waals surface area contributed by atoms with E-state index < -0.39 is 76.7 Å².